The summed E-state index contributed by atoms with van der Waals surface area (Å²) in [6.45, 7) is 0. The number of nitrogen functional groups attached to an aromatic ring is 1. The summed E-state index contributed by atoms with van der Waals surface area (Å²) in [6, 6.07) is 29.3. The Kier molecular flexibility index (Phi) is 5.38. The number of anilines is 1. The van der Waals surface area contributed by atoms with E-state index < -0.39 is 9.85 Å². The normalized spacial score (nSPS) is 12.5. The lowest BCUT2D eigenvalue weighted by Gasteiger charge is -2.16. The van der Waals surface area contributed by atoms with Gasteiger partial charge in [-0.25, -0.2) is 0 Å². The summed E-state index contributed by atoms with van der Waals surface area (Å²) in [7, 11) is 0. The molecule has 0 fully saturated rings. The molecule has 0 saturated carbocycles. The number of fused-ring (bicyclic) bond motifs is 7. The Balaban J connectivity index is 1.24. The summed E-state index contributed by atoms with van der Waals surface area (Å²) in [5.41, 5.74) is 14.2. The number of ketones is 2. The number of rotatable bonds is 4. The monoisotopic (exact) mass is 589 g/mol. The van der Waals surface area contributed by atoms with Crippen molar-refractivity contribution in [2.24, 2.45) is 0 Å². The third kappa shape index (κ3) is 3.74. The van der Waals surface area contributed by atoms with E-state index in [1.54, 1.807) is 24.3 Å². The van der Waals surface area contributed by atoms with Gasteiger partial charge in [0.05, 0.1) is 9.85 Å². The fourth-order valence-electron chi connectivity index (χ4n) is 6.64. The third-order valence-corrected chi connectivity index (χ3v) is 8.70. The van der Waals surface area contributed by atoms with Gasteiger partial charge in [-0.3, -0.25) is 29.8 Å². The molecule has 2 aliphatic rings. The second-order valence-electron chi connectivity index (χ2n) is 11.1. The van der Waals surface area contributed by atoms with E-state index in [2.05, 4.69) is 0 Å². The maximum atomic E-state index is 13.4. The summed E-state index contributed by atoms with van der Waals surface area (Å²) in [6.07, 6.45) is 0. The summed E-state index contributed by atoms with van der Waals surface area (Å²) in [5, 5.41) is 24.3. The van der Waals surface area contributed by atoms with Crippen molar-refractivity contribution >= 4 is 39.4 Å². The van der Waals surface area contributed by atoms with Crippen LogP contribution in [-0.4, -0.2) is 21.4 Å². The quantitative estimate of drug-likeness (QED) is 0.124. The van der Waals surface area contributed by atoms with E-state index in [4.69, 9.17) is 5.73 Å². The number of hydrogen-bond donors (Lipinski definition) is 1. The van der Waals surface area contributed by atoms with Gasteiger partial charge in [-0.1, -0.05) is 48.5 Å². The zero-order valence-corrected chi connectivity index (χ0v) is 23.2. The van der Waals surface area contributed by atoms with Crippen molar-refractivity contribution in [2.75, 3.05) is 5.73 Å². The minimum atomic E-state index is -0.516. The third-order valence-electron chi connectivity index (χ3n) is 8.70. The van der Waals surface area contributed by atoms with E-state index in [1.807, 2.05) is 54.6 Å². The van der Waals surface area contributed by atoms with E-state index in [9.17, 15) is 29.8 Å². The van der Waals surface area contributed by atoms with Crippen LogP contribution in [0.1, 0.15) is 31.8 Å². The molecular weight excluding hydrogens is 570 g/mol. The minimum absolute atomic E-state index is 0.136. The number of non-ortho nitro benzene ring substituents is 2. The number of nitrogens with zero attached hydrogens (tertiary/aromatic N) is 2. The van der Waals surface area contributed by atoms with Crippen LogP contribution in [0.5, 0.6) is 0 Å². The van der Waals surface area contributed by atoms with Crippen LogP contribution in [-0.2, 0) is 0 Å². The SMILES string of the molecule is Nc1cc(-c2ccc3c(c2)C(=O)c2cc([N+](=O)[O-])ccc2-3)c2ccccc2c1-c1ccc2c(c1)C(=O)c1cc([N+](=O)[O-])ccc1-2. The molecule has 0 bridgehead atoms. The highest BCUT2D eigenvalue weighted by Gasteiger charge is 2.31. The Morgan fingerprint density at radius 2 is 0.911 bits per heavy atom. The predicted octanol–water partition coefficient (Wildman–Crippen LogP) is 8.00. The van der Waals surface area contributed by atoms with Crippen LogP contribution in [0.25, 0.3) is 55.3 Å². The molecule has 0 atom stereocenters. The van der Waals surface area contributed by atoms with Gasteiger partial charge in [0.2, 0.25) is 0 Å². The van der Waals surface area contributed by atoms with Crippen LogP contribution in [0, 0.1) is 20.2 Å². The van der Waals surface area contributed by atoms with Gasteiger partial charge in [-0.2, -0.15) is 0 Å². The highest BCUT2D eigenvalue weighted by molar-refractivity contribution is 6.24. The van der Waals surface area contributed by atoms with Gasteiger partial charge >= 0.3 is 0 Å². The molecular formula is C36H19N3O6. The molecule has 9 heteroatoms. The van der Waals surface area contributed by atoms with E-state index in [0.29, 0.717) is 44.6 Å². The van der Waals surface area contributed by atoms with Gasteiger partial charge in [0.25, 0.3) is 11.4 Å². The maximum absolute atomic E-state index is 13.4. The van der Waals surface area contributed by atoms with Crippen molar-refractivity contribution in [2.45, 2.75) is 0 Å². The molecule has 8 rings (SSSR count). The van der Waals surface area contributed by atoms with Crippen LogP contribution in [0.15, 0.2) is 103 Å². The second kappa shape index (κ2) is 9.26. The Hall–Kier alpha value is -6.48. The first-order valence-corrected chi connectivity index (χ1v) is 14.0. The number of carbonyl (C=O) groups excluding carboxylic acids is 2. The summed E-state index contributed by atoms with van der Waals surface area (Å²) in [5.74, 6) is -0.548. The molecule has 0 aliphatic heterocycles. The molecule has 2 aliphatic carbocycles. The van der Waals surface area contributed by atoms with Gasteiger partial charge < -0.3 is 5.73 Å². The molecule has 0 heterocycles. The van der Waals surface area contributed by atoms with E-state index in [-0.39, 0.29) is 22.9 Å². The average molecular weight is 590 g/mol. The molecule has 0 amide bonds. The predicted molar refractivity (Wildman–Crippen MR) is 170 cm³/mol. The first-order chi connectivity index (χ1) is 21.7. The zero-order chi connectivity index (χ0) is 31.1. The summed E-state index contributed by atoms with van der Waals surface area (Å²) >= 11 is 0. The Bertz CT molecular complexity index is 2390. The minimum Gasteiger partial charge on any atom is -0.398 e. The van der Waals surface area contributed by atoms with Crippen molar-refractivity contribution in [1.82, 2.24) is 0 Å². The number of nitrogens with two attached hydrogens (primary N) is 1. The standard InChI is InChI=1S/C36H19N3O6/c37-33-17-28(18-5-9-23-25-11-7-20(38(42)43)15-31(25)35(40)29(23)13-18)22-3-1-2-4-27(22)34(33)19-6-10-24-26-12-8-21(39(44)45)16-32(26)36(41)30(24)14-19/h1-17H,37H2. The van der Waals surface area contributed by atoms with Crippen molar-refractivity contribution in [3.8, 4) is 44.5 Å². The fourth-order valence-corrected chi connectivity index (χ4v) is 6.64. The van der Waals surface area contributed by atoms with Crippen molar-refractivity contribution in [3.63, 3.8) is 0 Å². The fraction of sp³-hybridized carbons (Fsp3) is 0. The molecule has 0 saturated heterocycles. The first-order valence-electron chi connectivity index (χ1n) is 14.0. The zero-order valence-electron chi connectivity index (χ0n) is 23.2. The van der Waals surface area contributed by atoms with Gasteiger partial charge in [0.15, 0.2) is 11.6 Å². The van der Waals surface area contributed by atoms with Crippen LogP contribution in [0.4, 0.5) is 17.1 Å². The molecule has 6 aromatic rings. The Morgan fingerprint density at radius 3 is 1.44 bits per heavy atom. The van der Waals surface area contributed by atoms with Gasteiger partial charge in [-0.05, 0) is 80.0 Å². The molecule has 0 spiro atoms. The molecule has 214 valence electrons. The highest BCUT2D eigenvalue weighted by atomic mass is 16.6. The van der Waals surface area contributed by atoms with Crippen LogP contribution in [0.3, 0.4) is 0 Å². The lowest BCUT2D eigenvalue weighted by molar-refractivity contribution is -0.385. The number of nitro groups is 2. The Morgan fingerprint density at radius 1 is 0.467 bits per heavy atom. The van der Waals surface area contributed by atoms with Gasteiger partial charge in [-0.15, -0.1) is 0 Å². The topological polar surface area (TPSA) is 146 Å². The van der Waals surface area contributed by atoms with Crippen LogP contribution < -0.4 is 5.73 Å². The molecule has 0 unspecified atom stereocenters. The van der Waals surface area contributed by atoms with Crippen LogP contribution in [0.2, 0.25) is 0 Å². The smallest absolute Gasteiger partial charge is 0.270 e. The van der Waals surface area contributed by atoms with Gasteiger partial charge in [0, 0.05) is 57.8 Å². The number of benzene rings is 6. The second-order valence-corrected chi connectivity index (χ2v) is 11.1. The number of nitro benzene ring substituents is 2. The molecule has 6 aromatic carbocycles. The van der Waals surface area contributed by atoms with Crippen LogP contribution >= 0.6 is 0 Å². The van der Waals surface area contributed by atoms with E-state index in [1.165, 1.54) is 24.3 Å². The van der Waals surface area contributed by atoms with E-state index >= 15 is 0 Å². The molecule has 45 heavy (non-hydrogen) atoms. The van der Waals surface area contributed by atoms with Gasteiger partial charge in [0.1, 0.15) is 0 Å². The van der Waals surface area contributed by atoms with E-state index in [0.717, 1.165) is 38.6 Å². The average Bonchev–Trinajstić information content (AvgIpc) is 3.49. The Labute approximate surface area is 254 Å². The largest absolute Gasteiger partial charge is 0.398 e. The molecule has 2 N–H and O–H groups in total. The highest BCUT2D eigenvalue weighted by Crippen LogP contribution is 2.46. The summed E-state index contributed by atoms with van der Waals surface area (Å²) in [4.78, 5) is 48.3. The van der Waals surface area contributed by atoms with Crippen molar-refractivity contribution in [3.05, 3.63) is 146 Å². The lowest BCUT2D eigenvalue weighted by Crippen LogP contribution is -1.99. The maximum Gasteiger partial charge on any atom is 0.270 e. The lowest BCUT2D eigenvalue weighted by atomic mass is 9.88. The van der Waals surface area contributed by atoms with Crippen molar-refractivity contribution < 1.29 is 19.4 Å². The summed E-state index contributed by atoms with van der Waals surface area (Å²) < 4.78 is 0. The molecule has 9 nitrogen and oxygen atoms in total. The molecule has 0 radical (unpaired) electrons. The van der Waals surface area contributed by atoms with Crippen molar-refractivity contribution in [1.29, 1.82) is 0 Å². The number of hydrogen-bond acceptors (Lipinski definition) is 7. The first kappa shape index (κ1) is 26.2. The number of carbonyl (C=O) groups is 2. The molecule has 0 aromatic heterocycles.